The van der Waals surface area contributed by atoms with Crippen LogP contribution in [-0.2, 0) is 23.8 Å². The Kier molecular flexibility index (Phi) is 7.07. The fourth-order valence-electron chi connectivity index (χ4n) is 2.41. The molecular weight excluding hydrogens is 346 g/mol. The van der Waals surface area contributed by atoms with Gasteiger partial charge in [-0.2, -0.15) is 0 Å². The number of ether oxygens (including phenoxy) is 3. The number of carbonyl (C=O) groups excluding carboxylic acids is 2. The maximum absolute atomic E-state index is 11.6. The van der Waals surface area contributed by atoms with Gasteiger partial charge in [0.15, 0.2) is 0 Å². The Balaban J connectivity index is 3.24. The van der Waals surface area contributed by atoms with E-state index in [1.807, 2.05) is 0 Å². The molecule has 1 rings (SSSR count). The molecule has 12 nitrogen and oxygen atoms in total. The van der Waals surface area contributed by atoms with Crippen LogP contribution in [0, 0.1) is 0 Å². The predicted octanol–water partition coefficient (Wildman–Crippen LogP) is -3.08. The van der Waals surface area contributed by atoms with Crippen molar-refractivity contribution in [3.8, 4) is 0 Å². The monoisotopic (exact) mass is 367 g/mol. The van der Waals surface area contributed by atoms with Crippen LogP contribution in [0.2, 0.25) is 0 Å². The number of hydrogen-bond donors (Lipinski definition) is 6. The van der Waals surface area contributed by atoms with Crippen LogP contribution in [0.5, 0.6) is 0 Å². The lowest BCUT2D eigenvalue weighted by Crippen LogP contribution is -2.68. The van der Waals surface area contributed by atoms with E-state index in [1.165, 1.54) is 0 Å². The summed E-state index contributed by atoms with van der Waals surface area (Å²) < 4.78 is 14.0. The molecular formula is C13H21NO11. The maximum atomic E-state index is 11.6. The van der Waals surface area contributed by atoms with Crippen molar-refractivity contribution in [2.75, 3.05) is 13.7 Å². The fourth-order valence-corrected chi connectivity index (χ4v) is 2.41. The van der Waals surface area contributed by atoms with Crippen LogP contribution < -0.4 is 5.32 Å². The first-order valence-corrected chi connectivity index (χ1v) is 7.18. The summed E-state index contributed by atoms with van der Waals surface area (Å²) in [5.74, 6) is -5.18. The lowest BCUT2D eigenvalue weighted by Gasteiger charge is -2.45. The molecule has 0 aromatic rings. The second kappa shape index (κ2) is 8.40. The number of carboxylic acid groups (broad SMARTS) is 1. The molecule has 0 bridgehead atoms. The summed E-state index contributed by atoms with van der Waals surface area (Å²) in [4.78, 5) is 34.2. The molecule has 1 fully saturated rings. The third-order valence-electron chi connectivity index (χ3n) is 3.60. The Morgan fingerprint density at radius 3 is 2.40 bits per heavy atom. The highest BCUT2D eigenvalue weighted by atomic mass is 16.8. The molecule has 0 aromatic heterocycles. The van der Waals surface area contributed by atoms with Crippen molar-refractivity contribution in [1.82, 2.24) is 5.32 Å². The van der Waals surface area contributed by atoms with Gasteiger partial charge in [-0.05, 0) is 0 Å². The SMILES string of the molecule is COC(=O)O[C@@]1(C(=O)O)C[C@H](O)[C@@H](NC(C)=O)[C@H]([C@H](O)[C@H](O)CO)O1. The summed E-state index contributed by atoms with van der Waals surface area (Å²) in [6.45, 7) is 0.185. The van der Waals surface area contributed by atoms with Crippen LogP contribution in [0.1, 0.15) is 13.3 Å². The topological polar surface area (TPSA) is 192 Å². The summed E-state index contributed by atoms with van der Waals surface area (Å²) >= 11 is 0. The number of aliphatic hydroxyl groups excluding tert-OH is 4. The normalized spacial score (nSPS) is 31.5. The van der Waals surface area contributed by atoms with Crippen molar-refractivity contribution in [1.29, 1.82) is 0 Å². The van der Waals surface area contributed by atoms with Gasteiger partial charge in [-0.25, -0.2) is 9.59 Å². The Morgan fingerprint density at radius 2 is 1.96 bits per heavy atom. The predicted molar refractivity (Wildman–Crippen MR) is 76.1 cm³/mol. The molecule has 25 heavy (non-hydrogen) atoms. The number of nitrogens with one attached hydrogen (secondary N) is 1. The second-order valence-corrected chi connectivity index (χ2v) is 5.44. The van der Waals surface area contributed by atoms with Crippen molar-refractivity contribution >= 4 is 18.0 Å². The molecule has 1 saturated heterocycles. The molecule has 1 aliphatic heterocycles. The highest BCUT2D eigenvalue weighted by Gasteiger charge is 2.57. The van der Waals surface area contributed by atoms with Gasteiger partial charge < -0.3 is 45.1 Å². The molecule has 1 amide bonds. The number of carboxylic acids is 1. The summed E-state index contributed by atoms with van der Waals surface area (Å²) in [5, 5.41) is 50.5. The van der Waals surface area contributed by atoms with Crippen LogP contribution in [0.25, 0.3) is 0 Å². The maximum Gasteiger partial charge on any atom is 0.511 e. The third kappa shape index (κ3) is 4.76. The average Bonchev–Trinajstić information content (AvgIpc) is 2.54. The summed E-state index contributed by atoms with van der Waals surface area (Å²) in [6.07, 6.45) is -9.28. The molecule has 0 unspecified atom stereocenters. The number of aliphatic hydroxyl groups is 4. The zero-order valence-electron chi connectivity index (χ0n) is 13.5. The van der Waals surface area contributed by atoms with Gasteiger partial charge in [0.25, 0.3) is 0 Å². The first-order chi connectivity index (χ1) is 11.6. The van der Waals surface area contributed by atoms with Crippen molar-refractivity contribution in [3.63, 3.8) is 0 Å². The van der Waals surface area contributed by atoms with E-state index in [9.17, 15) is 34.8 Å². The van der Waals surface area contributed by atoms with E-state index in [0.29, 0.717) is 0 Å². The third-order valence-corrected chi connectivity index (χ3v) is 3.60. The van der Waals surface area contributed by atoms with Gasteiger partial charge in [-0.1, -0.05) is 0 Å². The highest BCUT2D eigenvalue weighted by molar-refractivity contribution is 5.79. The van der Waals surface area contributed by atoms with Gasteiger partial charge in [-0.15, -0.1) is 0 Å². The van der Waals surface area contributed by atoms with E-state index in [-0.39, 0.29) is 0 Å². The van der Waals surface area contributed by atoms with Gasteiger partial charge in [0.2, 0.25) is 5.91 Å². The van der Waals surface area contributed by atoms with Gasteiger partial charge in [0.05, 0.1) is 32.3 Å². The second-order valence-electron chi connectivity index (χ2n) is 5.44. The van der Waals surface area contributed by atoms with Crippen molar-refractivity contribution in [2.24, 2.45) is 0 Å². The molecule has 0 aromatic carbocycles. The van der Waals surface area contributed by atoms with E-state index in [1.54, 1.807) is 0 Å². The Bertz CT molecular complexity index is 512. The number of aliphatic carboxylic acids is 1. The summed E-state index contributed by atoms with van der Waals surface area (Å²) in [6, 6.07) is -1.34. The van der Waals surface area contributed by atoms with Gasteiger partial charge >= 0.3 is 17.9 Å². The lowest BCUT2D eigenvalue weighted by molar-refractivity contribution is -0.296. The van der Waals surface area contributed by atoms with Crippen molar-refractivity contribution in [2.45, 2.75) is 49.6 Å². The molecule has 0 saturated carbocycles. The van der Waals surface area contributed by atoms with Crippen molar-refractivity contribution < 1.29 is 54.1 Å². The minimum Gasteiger partial charge on any atom is -0.476 e. The summed E-state index contributed by atoms with van der Waals surface area (Å²) in [7, 11) is 0.916. The van der Waals surface area contributed by atoms with E-state index in [0.717, 1.165) is 14.0 Å². The molecule has 0 spiro atoms. The van der Waals surface area contributed by atoms with E-state index >= 15 is 0 Å². The average molecular weight is 367 g/mol. The summed E-state index contributed by atoms with van der Waals surface area (Å²) in [5.41, 5.74) is 0. The lowest BCUT2D eigenvalue weighted by atomic mass is 9.88. The first kappa shape index (κ1) is 21.1. The number of methoxy groups -OCH3 is 1. The quantitative estimate of drug-likeness (QED) is 0.261. The van der Waals surface area contributed by atoms with Crippen LogP contribution >= 0.6 is 0 Å². The number of carbonyl (C=O) groups is 3. The van der Waals surface area contributed by atoms with Gasteiger partial charge in [0.1, 0.15) is 18.3 Å². The van der Waals surface area contributed by atoms with Crippen LogP contribution in [0.15, 0.2) is 0 Å². The van der Waals surface area contributed by atoms with Gasteiger partial charge in [0, 0.05) is 6.92 Å². The van der Waals surface area contributed by atoms with Gasteiger partial charge in [-0.3, -0.25) is 4.79 Å². The van der Waals surface area contributed by atoms with Crippen LogP contribution in [0.4, 0.5) is 4.79 Å². The molecule has 144 valence electrons. The minimum atomic E-state index is -2.73. The molecule has 6 N–H and O–H groups in total. The zero-order chi connectivity index (χ0) is 19.4. The van der Waals surface area contributed by atoms with E-state index in [4.69, 9.17) is 9.84 Å². The first-order valence-electron chi connectivity index (χ1n) is 7.18. The largest absolute Gasteiger partial charge is 0.511 e. The zero-order valence-corrected chi connectivity index (χ0v) is 13.5. The number of rotatable bonds is 6. The highest BCUT2D eigenvalue weighted by Crippen LogP contribution is 2.33. The van der Waals surface area contributed by atoms with Crippen LogP contribution in [0.3, 0.4) is 0 Å². The smallest absolute Gasteiger partial charge is 0.476 e. The van der Waals surface area contributed by atoms with E-state index in [2.05, 4.69) is 14.8 Å². The minimum absolute atomic E-state index is 0.639. The fraction of sp³-hybridized carbons (Fsp3) is 0.769. The molecule has 1 heterocycles. The molecule has 12 heteroatoms. The number of hydrogen-bond acceptors (Lipinski definition) is 10. The van der Waals surface area contributed by atoms with E-state index < -0.39 is 67.3 Å². The molecule has 6 atom stereocenters. The Morgan fingerprint density at radius 1 is 1.36 bits per heavy atom. The van der Waals surface area contributed by atoms with Crippen molar-refractivity contribution in [3.05, 3.63) is 0 Å². The standard InChI is InChI=1S/C13H21NO11/c1-5(16)14-8-6(17)3-13(11(20)21,25-12(22)23-2)24-10(8)9(19)7(18)4-15/h6-10,15,17-19H,3-4H2,1-2H3,(H,14,16)(H,20,21)/t6-,7+,8+,9+,10+,13+/m0/s1. The Hall–Kier alpha value is -1.99. The molecule has 0 aliphatic carbocycles. The Labute approximate surface area is 141 Å². The van der Waals surface area contributed by atoms with Crippen LogP contribution in [-0.4, -0.2) is 93.5 Å². The molecule has 0 radical (unpaired) electrons. The molecule has 1 aliphatic rings. The number of amides is 1.